The van der Waals surface area contributed by atoms with E-state index in [1.54, 1.807) is 0 Å². The van der Waals surface area contributed by atoms with Crippen LogP contribution >= 0.6 is 23.0 Å². The van der Waals surface area contributed by atoms with Crippen LogP contribution in [0.4, 0.5) is 65.9 Å². The standard InChI is InChI=1S/C17H17F15N3O6P3/c1-11-2-4-12(5-3-11)41-44(40-10-17(30,31)32)34-42(36-6-13(18,19)20,37-7-14(21,22)23)33-43(35-44,38-8-15(24,25)26)39-9-16(27,28)29/h2-5H,6-10H2,1H3. The van der Waals surface area contributed by atoms with Crippen molar-refractivity contribution in [1.29, 1.82) is 0 Å². The van der Waals surface area contributed by atoms with Crippen LogP contribution in [-0.4, -0.2) is 63.9 Å². The van der Waals surface area contributed by atoms with E-state index in [4.69, 9.17) is 4.52 Å². The van der Waals surface area contributed by atoms with E-state index in [0.29, 0.717) is 5.56 Å². The summed E-state index contributed by atoms with van der Waals surface area (Å²) in [5.74, 6) is -0.671. The molecule has 1 unspecified atom stereocenters. The molecule has 0 N–H and O–H groups in total. The van der Waals surface area contributed by atoms with Crippen molar-refractivity contribution in [3.05, 3.63) is 29.8 Å². The van der Waals surface area contributed by atoms with Gasteiger partial charge < -0.3 is 4.52 Å². The van der Waals surface area contributed by atoms with Crippen molar-refractivity contribution in [3.63, 3.8) is 0 Å². The monoisotopic (exact) mass is 737 g/mol. The molecule has 0 aliphatic carbocycles. The Morgan fingerprint density at radius 1 is 0.455 bits per heavy atom. The normalized spacial score (nSPS) is 20.8. The first-order chi connectivity index (χ1) is 19.6. The van der Waals surface area contributed by atoms with Crippen molar-refractivity contribution >= 4 is 23.0 Å². The van der Waals surface area contributed by atoms with E-state index >= 15 is 0 Å². The Balaban J connectivity index is 3.03. The fraction of sp³-hybridized carbons (Fsp3) is 0.647. The fourth-order valence-electron chi connectivity index (χ4n) is 2.40. The molecule has 1 aromatic carbocycles. The third kappa shape index (κ3) is 14.3. The molecule has 0 amide bonds. The Labute approximate surface area is 236 Å². The van der Waals surface area contributed by atoms with Crippen LogP contribution < -0.4 is 4.52 Å². The maximum Gasteiger partial charge on any atom is 0.412 e. The van der Waals surface area contributed by atoms with Gasteiger partial charge in [0.25, 0.3) is 0 Å². The van der Waals surface area contributed by atoms with Crippen LogP contribution in [0.3, 0.4) is 0 Å². The molecule has 0 fully saturated rings. The second kappa shape index (κ2) is 13.7. The van der Waals surface area contributed by atoms with Crippen LogP contribution in [0.5, 0.6) is 5.75 Å². The van der Waals surface area contributed by atoms with Crippen molar-refractivity contribution in [3.8, 4) is 5.75 Å². The molecular weight excluding hydrogens is 720 g/mol. The first-order valence-corrected chi connectivity index (χ1v) is 15.5. The summed E-state index contributed by atoms with van der Waals surface area (Å²) in [6, 6.07) is 4.17. The topological polar surface area (TPSA) is 92.5 Å². The zero-order chi connectivity index (χ0) is 33.9. The molecule has 1 aliphatic heterocycles. The number of benzene rings is 1. The average molecular weight is 737 g/mol. The van der Waals surface area contributed by atoms with Crippen molar-refractivity contribution in [1.82, 2.24) is 0 Å². The Morgan fingerprint density at radius 3 is 1.00 bits per heavy atom. The zero-order valence-electron chi connectivity index (χ0n) is 21.1. The molecule has 1 aliphatic rings. The second-order valence-electron chi connectivity index (χ2n) is 8.09. The average Bonchev–Trinajstić information content (AvgIpc) is 2.83. The Bertz CT molecular complexity index is 1210. The van der Waals surface area contributed by atoms with Gasteiger partial charge in [0.2, 0.25) is 0 Å². The van der Waals surface area contributed by atoms with Gasteiger partial charge >= 0.3 is 53.9 Å². The van der Waals surface area contributed by atoms with Crippen LogP contribution in [0.1, 0.15) is 5.56 Å². The van der Waals surface area contributed by atoms with Gasteiger partial charge in [-0.3, -0.25) is 22.6 Å². The summed E-state index contributed by atoms with van der Waals surface area (Å²) in [6.45, 7) is -11.8. The minimum Gasteiger partial charge on any atom is -0.422 e. The maximum absolute atomic E-state index is 13.2. The van der Waals surface area contributed by atoms with Crippen LogP contribution in [0.25, 0.3) is 0 Å². The Morgan fingerprint density at radius 2 is 0.705 bits per heavy atom. The van der Waals surface area contributed by atoms with E-state index in [0.717, 1.165) is 12.1 Å². The largest absolute Gasteiger partial charge is 0.422 e. The number of rotatable bonds is 12. The molecule has 0 saturated heterocycles. The predicted molar refractivity (Wildman–Crippen MR) is 120 cm³/mol. The van der Waals surface area contributed by atoms with Gasteiger partial charge in [0.15, 0.2) is 33.0 Å². The molecule has 27 heteroatoms. The summed E-state index contributed by atoms with van der Waals surface area (Å²) < 4.78 is 233. The lowest BCUT2D eigenvalue weighted by Gasteiger charge is -2.33. The van der Waals surface area contributed by atoms with Gasteiger partial charge in [-0.05, 0) is 19.1 Å². The molecule has 256 valence electrons. The van der Waals surface area contributed by atoms with Gasteiger partial charge in [0.1, 0.15) is 5.75 Å². The van der Waals surface area contributed by atoms with E-state index in [-0.39, 0.29) is 0 Å². The first kappa shape index (κ1) is 38.6. The predicted octanol–water partition coefficient (Wildman–Crippen LogP) is 10.1. The molecule has 9 nitrogen and oxygen atoms in total. The quantitative estimate of drug-likeness (QED) is 0.157. The Hall–Kier alpha value is -1.54. The first-order valence-electron chi connectivity index (χ1n) is 10.9. The molecule has 0 aromatic heterocycles. The number of halogens is 15. The highest BCUT2D eigenvalue weighted by molar-refractivity contribution is 7.78. The molecule has 0 spiro atoms. The lowest BCUT2D eigenvalue weighted by molar-refractivity contribution is -0.163. The third-order valence-corrected chi connectivity index (χ3v) is 12.1. The summed E-state index contributed by atoms with van der Waals surface area (Å²) in [7, 11) is -17.7. The molecule has 0 radical (unpaired) electrons. The lowest BCUT2D eigenvalue weighted by Crippen LogP contribution is -2.22. The molecule has 0 saturated carbocycles. The van der Waals surface area contributed by atoms with Crippen molar-refractivity contribution in [2.45, 2.75) is 37.8 Å². The highest BCUT2D eigenvalue weighted by Crippen LogP contribution is 2.80. The van der Waals surface area contributed by atoms with Gasteiger partial charge in [-0.25, -0.2) is 0 Å². The summed E-state index contributed by atoms with van der Waals surface area (Å²) >= 11 is 0. The van der Waals surface area contributed by atoms with Crippen molar-refractivity contribution in [2.24, 2.45) is 13.5 Å². The molecule has 0 bridgehead atoms. The van der Waals surface area contributed by atoms with E-state index in [2.05, 4.69) is 36.2 Å². The lowest BCUT2D eigenvalue weighted by atomic mass is 10.2. The number of hydrogen-bond acceptors (Lipinski definition) is 9. The minimum absolute atomic E-state index is 0.432. The van der Waals surface area contributed by atoms with E-state index in [1.807, 2.05) is 0 Å². The number of hydrogen-bond donors (Lipinski definition) is 0. The number of alkyl halides is 15. The van der Waals surface area contributed by atoms with Gasteiger partial charge in [0.05, 0.1) is 0 Å². The summed E-state index contributed by atoms with van der Waals surface area (Å²) in [4.78, 5) is 0. The van der Waals surface area contributed by atoms with Gasteiger partial charge in [-0.1, -0.05) is 17.7 Å². The van der Waals surface area contributed by atoms with Crippen LogP contribution in [0, 0.1) is 6.92 Å². The highest BCUT2D eigenvalue weighted by atomic mass is 31.3. The molecule has 44 heavy (non-hydrogen) atoms. The summed E-state index contributed by atoms with van der Waals surface area (Å²) in [5, 5.41) is 0. The number of nitrogens with zero attached hydrogens (tertiary/aromatic N) is 3. The fourth-order valence-corrected chi connectivity index (χ4v) is 11.8. The second-order valence-corrected chi connectivity index (χ2v) is 14.7. The van der Waals surface area contributed by atoms with Gasteiger partial charge in [-0.15, -0.1) is 13.5 Å². The SMILES string of the molecule is Cc1ccc(OP2(OCC(F)(F)F)=NP(OCC(F)(F)F)(OCC(F)(F)F)=NP(OCC(F)(F)F)(OCC(F)(F)F)=N2)cc1. The number of aryl methyl sites for hydroxylation is 1. The van der Waals surface area contributed by atoms with E-state index in [9.17, 15) is 65.9 Å². The molecule has 2 rings (SSSR count). The highest BCUT2D eigenvalue weighted by Gasteiger charge is 2.50. The van der Waals surface area contributed by atoms with Crippen LogP contribution in [0.2, 0.25) is 0 Å². The zero-order valence-corrected chi connectivity index (χ0v) is 23.8. The van der Waals surface area contributed by atoms with Crippen LogP contribution in [0.15, 0.2) is 37.8 Å². The van der Waals surface area contributed by atoms with E-state index < -0.39 is 92.6 Å². The summed E-state index contributed by atoms with van der Waals surface area (Å²) in [5.41, 5.74) is 0.432. The van der Waals surface area contributed by atoms with Gasteiger partial charge in [-0.2, -0.15) is 65.9 Å². The molecule has 1 atom stereocenters. The van der Waals surface area contributed by atoms with Crippen LogP contribution in [-0.2, 0) is 22.6 Å². The van der Waals surface area contributed by atoms with E-state index in [1.165, 1.54) is 19.1 Å². The Kier molecular flexibility index (Phi) is 12.0. The van der Waals surface area contributed by atoms with Gasteiger partial charge in [0, 0.05) is 0 Å². The minimum atomic E-state index is -6.01. The smallest absolute Gasteiger partial charge is 0.412 e. The molecule has 1 heterocycles. The third-order valence-electron chi connectivity index (χ3n) is 3.91. The summed E-state index contributed by atoms with van der Waals surface area (Å²) in [6.07, 6.45) is -27.5. The van der Waals surface area contributed by atoms with Crippen molar-refractivity contribution in [2.75, 3.05) is 33.0 Å². The molecule has 1 aromatic rings. The van der Waals surface area contributed by atoms with Crippen molar-refractivity contribution < 1.29 is 93.0 Å². The maximum atomic E-state index is 13.2. The molecular formula is C17H17F15N3O6P3.